The molecule has 0 unspecified atom stereocenters. The van der Waals surface area contributed by atoms with Crippen LogP contribution in [0.4, 0.5) is 5.69 Å². The topological polar surface area (TPSA) is 76.9 Å². The third-order valence-electron chi connectivity index (χ3n) is 3.68. The van der Waals surface area contributed by atoms with Gasteiger partial charge >= 0.3 is 0 Å². The van der Waals surface area contributed by atoms with Crippen LogP contribution in [-0.2, 0) is 11.3 Å². The van der Waals surface area contributed by atoms with E-state index in [4.69, 9.17) is 0 Å². The van der Waals surface area contributed by atoms with Crippen LogP contribution in [0.15, 0.2) is 59.6 Å². The second kappa shape index (κ2) is 8.79. The fraction of sp³-hybridized carbons (Fsp3) is 0.158. The van der Waals surface area contributed by atoms with Crippen LogP contribution in [0.5, 0.6) is 0 Å². The third kappa shape index (κ3) is 4.72. The van der Waals surface area contributed by atoms with E-state index in [-0.39, 0.29) is 17.4 Å². The van der Waals surface area contributed by atoms with Gasteiger partial charge in [0.25, 0.3) is 0 Å². The lowest BCUT2D eigenvalue weighted by Crippen LogP contribution is -2.14. The van der Waals surface area contributed by atoms with Gasteiger partial charge in [0.05, 0.1) is 10.6 Å². The van der Waals surface area contributed by atoms with E-state index in [0.29, 0.717) is 23.0 Å². The van der Waals surface area contributed by atoms with Gasteiger partial charge in [0.15, 0.2) is 16.8 Å². The van der Waals surface area contributed by atoms with Crippen molar-refractivity contribution in [1.82, 2.24) is 14.8 Å². The number of carbonyl (C=O) groups excluding carboxylic acids is 2. The van der Waals surface area contributed by atoms with E-state index in [9.17, 15) is 9.59 Å². The zero-order chi connectivity index (χ0) is 19.2. The molecular formula is C19H18N4O2S2. The predicted octanol–water partition coefficient (Wildman–Crippen LogP) is 4.13. The Morgan fingerprint density at radius 3 is 2.67 bits per heavy atom. The van der Waals surface area contributed by atoms with Crippen molar-refractivity contribution in [2.24, 2.45) is 0 Å². The molecule has 0 aliphatic heterocycles. The summed E-state index contributed by atoms with van der Waals surface area (Å²) in [7, 11) is 0. The van der Waals surface area contributed by atoms with Crippen molar-refractivity contribution in [1.29, 1.82) is 0 Å². The molecule has 1 aromatic carbocycles. The first-order chi connectivity index (χ1) is 13.1. The van der Waals surface area contributed by atoms with E-state index in [1.54, 1.807) is 41.7 Å². The van der Waals surface area contributed by atoms with Crippen molar-refractivity contribution in [3.05, 3.63) is 60.0 Å². The number of nitrogens with zero attached hydrogens (tertiary/aromatic N) is 3. The number of ketones is 1. The zero-order valence-electron chi connectivity index (χ0n) is 14.7. The summed E-state index contributed by atoms with van der Waals surface area (Å²) in [6.07, 6.45) is 1.78. The molecular weight excluding hydrogens is 380 g/mol. The predicted molar refractivity (Wildman–Crippen MR) is 109 cm³/mol. The first-order valence-electron chi connectivity index (χ1n) is 8.20. The standard InChI is InChI=1S/C19H18N4O2S2/c1-3-10-23-18(16-5-4-11-26-16)21-22-19(23)27-12-17(25)20-15-8-6-14(7-9-15)13(2)24/h3-9,11H,1,10,12H2,2H3,(H,20,25). The molecule has 0 aliphatic carbocycles. The number of Topliss-reactive ketones (excluding diaryl/α,β-unsaturated/α-hetero) is 1. The van der Waals surface area contributed by atoms with Crippen molar-refractivity contribution in [3.8, 4) is 10.7 Å². The van der Waals surface area contributed by atoms with Gasteiger partial charge in [-0.3, -0.25) is 14.2 Å². The average Bonchev–Trinajstić information content (AvgIpc) is 3.30. The van der Waals surface area contributed by atoms with Crippen LogP contribution in [0.2, 0.25) is 0 Å². The highest BCUT2D eigenvalue weighted by Gasteiger charge is 2.15. The molecule has 0 fully saturated rings. The summed E-state index contributed by atoms with van der Waals surface area (Å²) in [5.74, 6) is 0.814. The van der Waals surface area contributed by atoms with Gasteiger partial charge in [-0.15, -0.1) is 28.1 Å². The molecule has 27 heavy (non-hydrogen) atoms. The second-order valence-electron chi connectivity index (χ2n) is 5.65. The van der Waals surface area contributed by atoms with Gasteiger partial charge in [0, 0.05) is 17.8 Å². The number of aromatic nitrogens is 3. The molecule has 0 saturated carbocycles. The Hall–Kier alpha value is -2.71. The normalized spacial score (nSPS) is 10.6. The van der Waals surface area contributed by atoms with Crippen LogP contribution < -0.4 is 5.32 Å². The van der Waals surface area contributed by atoms with Crippen molar-refractivity contribution < 1.29 is 9.59 Å². The lowest BCUT2D eigenvalue weighted by Gasteiger charge is -2.07. The molecule has 0 bridgehead atoms. The Bertz CT molecular complexity index is 947. The van der Waals surface area contributed by atoms with E-state index < -0.39 is 0 Å². The van der Waals surface area contributed by atoms with E-state index in [1.807, 2.05) is 22.1 Å². The van der Waals surface area contributed by atoms with Gasteiger partial charge in [-0.1, -0.05) is 23.9 Å². The van der Waals surface area contributed by atoms with Gasteiger partial charge in [0.1, 0.15) is 0 Å². The Morgan fingerprint density at radius 2 is 2.04 bits per heavy atom. The quantitative estimate of drug-likeness (QED) is 0.351. The number of thioether (sulfide) groups is 1. The van der Waals surface area contributed by atoms with E-state index in [2.05, 4.69) is 22.1 Å². The van der Waals surface area contributed by atoms with Crippen LogP contribution in [0.25, 0.3) is 10.7 Å². The number of benzene rings is 1. The van der Waals surface area contributed by atoms with E-state index in [1.165, 1.54) is 18.7 Å². The molecule has 138 valence electrons. The van der Waals surface area contributed by atoms with Gasteiger partial charge in [0.2, 0.25) is 5.91 Å². The summed E-state index contributed by atoms with van der Waals surface area (Å²) in [5, 5.41) is 13.9. The van der Waals surface area contributed by atoms with Gasteiger partial charge in [-0.05, 0) is 42.6 Å². The molecule has 0 spiro atoms. The number of hydrogen-bond donors (Lipinski definition) is 1. The van der Waals surface area contributed by atoms with Crippen LogP contribution in [-0.4, -0.2) is 32.2 Å². The molecule has 0 saturated heterocycles. The van der Waals surface area contributed by atoms with Crippen LogP contribution in [0.1, 0.15) is 17.3 Å². The number of thiophene rings is 1. The molecule has 0 aliphatic rings. The van der Waals surface area contributed by atoms with Crippen LogP contribution in [0, 0.1) is 0 Å². The Labute approximate surface area is 165 Å². The van der Waals surface area contributed by atoms with Crippen molar-refractivity contribution >= 4 is 40.5 Å². The molecule has 0 atom stereocenters. The summed E-state index contributed by atoms with van der Waals surface area (Å²) >= 11 is 2.91. The fourth-order valence-electron chi connectivity index (χ4n) is 2.39. The lowest BCUT2D eigenvalue weighted by atomic mass is 10.1. The number of amides is 1. The lowest BCUT2D eigenvalue weighted by molar-refractivity contribution is -0.113. The number of carbonyl (C=O) groups is 2. The highest BCUT2D eigenvalue weighted by molar-refractivity contribution is 7.99. The van der Waals surface area contributed by atoms with Crippen molar-refractivity contribution in [2.45, 2.75) is 18.6 Å². The van der Waals surface area contributed by atoms with Crippen molar-refractivity contribution in [2.75, 3.05) is 11.1 Å². The Kier molecular flexibility index (Phi) is 6.20. The molecule has 2 aromatic heterocycles. The molecule has 3 aromatic rings. The Morgan fingerprint density at radius 1 is 1.26 bits per heavy atom. The molecule has 1 amide bonds. The summed E-state index contributed by atoms with van der Waals surface area (Å²) < 4.78 is 1.94. The number of rotatable bonds is 8. The van der Waals surface area contributed by atoms with Crippen molar-refractivity contribution in [3.63, 3.8) is 0 Å². The van der Waals surface area contributed by atoms with E-state index >= 15 is 0 Å². The molecule has 1 N–H and O–H groups in total. The van der Waals surface area contributed by atoms with Crippen LogP contribution in [0.3, 0.4) is 0 Å². The smallest absolute Gasteiger partial charge is 0.234 e. The molecule has 3 rings (SSSR count). The third-order valence-corrected chi connectivity index (χ3v) is 5.51. The minimum Gasteiger partial charge on any atom is -0.325 e. The average molecular weight is 399 g/mol. The maximum Gasteiger partial charge on any atom is 0.234 e. The summed E-state index contributed by atoms with van der Waals surface area (Å²) in [5.41, 5.74) is 1.26. The Balaban J connectivity index is 1.64. The fourth-order valence-corrected chi connectivity index (χ4v) is 3.86. The molecule has 6 nitrogen and oxygen atoms in total. The van der Waals surface area contributed by atoms with Gasteiger partial charge < -0.3 is 5.32 Å². The maximum absolute atomic E-state index is 12.2. The van der Waals surface area contributed by atoms with Crippen LogP contribution >= 0.6 is 23.1 Å². The first-order valence-corrected chi connectivity index (χ1v) is 10.1. The maximum atomic E-state index is 12.2. The summed E-state index contributed by atoms with van der Waals surface area (Å²) in [6.45, 7) is 5.86. The number of nitrogens with one attached hydrogen (secondary N) is 1. The molecule has 0 radical (unpaired) electrons. The van der Waals surface area contributed by atoms with Gasteiger partial charge in [-0.25, -0.2) is 0 Å². The number of allylic oxidation sites excluding steroid dienone is 1. The molecule has 2 heterocycles. The highest BCUT2D eigenvalue weighted by Crippen LogP contribution is 2.27. The highest BCUT2D eigenvalue weighted by atomic mass is 32.2. The largest absolute Gasteiger partial charge is 0.325 e. The monoisotopic (exact) mass is 398 g/mol. The second-order valence-corrected chi connectivity index (χ2v) is 7.54. The minimum absolute atomic E-state index is 0.00784. The number of hydrogen-bond acceptors (Lipinski definition) is 6. The van der Waals surface area contributed by atoms with E-state index in [0.717, 1.165) is 10.7 Å². The minimum atomic E-state index is -0.151. The summed E-state index contributed by atoms with van der Waals surface area (Å²) in [4.78, 5) is 24.6. The first kappa shape index (κ1) is 19.1. The van der Waals surface area contributed by atoms with Gasteiger partial charge in [-0.2, -0.15) is 0 Å². The number of anilines is 1. The summed E-state index contributed by atoms with van der Waals surface area (Å²) in [6, 6.07) is 10.8. The molecule has 8 heteroatoms. The zero-order valence-corrected chi connectivity index (χ0v) is 16.3. The SMILES string of the molecule is C=CCn1c(SCC(=O)Nc2ccc(C(C)=O)cc2)nnc1-c1cccs1.